The third-order valence-corrected chi connectivity index (χ3v) is 3.61. The van der Waals surface area contributed by atoms with Gasteiger partial charge in [0.15, 0.2) is 0 Å². The zero-order valence-electron chi connectivity index (χ0n) is 8.49. The minimum absolute atomic E-state index is 0.616. The number of imidazole rings is 1. The normalized spacial score (nSPS) is 22.7. The largest absolute Gasteiger partial charge is 0.338 e. The highest BCUT2D eigenvalue weighted by atomic mass is 79.9. The van der Waals surface area contributed by atoms with E-state index in [0.717, 1.165) is 17.8 Å². The quantitative estimate of drug-likeness (QED) is 0.758. The molecule has 0 aliphatic carbocycles. The molecule has 1 aromatic rings. The first-order valence-corrected chi connectivity index (χ1v) is 6.25. The van der Waals surface area contributed by atoms with E-state index in [1.807, 2.05) is 12.4 Å². The number of anilines is 1. The molecule has 0 radical (unpaired) electrons. The highest BCUT2D eigenvalue weighted by molar-refractivity contribution is 9.09. The van der Waals surface area contributed by atoms with E-state index in [4.69, 9.17) is 0 Å². The van der Waals surface area contributed by atoms with Crippen molar-refractivity contribution in [2.75, 3.05) is 16.8 Å². The van der Waals surface area contributed by atoms with Crippen molar-refractivity contribution in [3.63, 3.8) is 0 Å². The van der Waals surface area contributed by atoms with Gasteiger partial charge in [0.2, 0.25) is 5.95 Å². The van der Waals surface area contributed by atoms with Gasteiger partial charge < -0.3 is 9.47 Å². The summed E-state index contributed by atoms with van der Waals surface area (Å²) in [6.45, 7) is 1.14. The lowest BCUT2D eigenvalue weighted by Gasteiger charge is -2.35. The Morgan fingerprint density at radius 1 is 1.57 bits per heavy atom. The van der Waals surface area contributed by atoms with Crippen LogP contribution in [0.15, 0.2) is 12.4 Å². The van der Waals surface area contributed by atoms with Crippen LogP contribution in [0.25, 0.3) is 0 Å². The number of hydrogen-bond donors (Lipinski definition) is 0. The lowest BCUT2D eigenvalue weighted by Crippen LogP contribution is -2.42. The Labute approximate surface area is 93.2 Å². The highest BCUT2D eigenvalue weighted by Crippen LogP contribution is 2.23. The van der Waals surface area contributed by atoms with E-state index >= 15 is 0 Å². The smallest absolute Gasteiger partial charge is 0.205 e. The monoisotopic (exact) mass is 257 g/mol. The molecule has 0 amide bonds. The predicted molar refractivity (Wildman–Crippen MR) is 62.0 cm³/mol. The van der Waals surface area contributed by atoms with E-state index in [1.54, 1.807) is 0 Å². The van der Waals surface area contributed by atoms with Crippen LogP contribution >= 0.6 is 15.9 Å². The number of nitrogens with zero attached hydrogens (tertiary/aromatic N) is 3. The summed E-state index contributed by atoms with van der Waals surface area (Å²) in [5, 5.41) is 1.04. The molecule has 1 aromatic heterocycles. The number of hydrogen-bond acceptors (Lipinski definition) is 2. The van der Waals surface area contributed by atoms with Crippen LogP contribution in [0.1, 0.15) is 19.3 Å². The second-order valence-electron chi connectivity index (χ2n) is 3.84. The highest BCUT2D eigenvalue weighted by Gasteiger charge is 2.23. The van der Waals surface area contributed by atoms with Gasteiger partial charge in [-0.25, -0.2) is 4.98 Å². The van der Waals surface area contributed by atoms with Gasteiger partial charge in [0.25, 0.3) is 0 Å². The Hall–Kier alpha value is -0.510. The minimum Gasteiger partial charge on any atom is -0.338 e. The number of rotatable bonds is 2. The Morgan fingerprint density at radius 3 is 3.07 bits per heavy atom. The van der Waals surface area contributed by atoms with Gasteiger partial charge in [-0.1, -0.05) is 15.9 Å². The molecular weight excluding hydrogens is 242 g/mol. The summed E-state index contributed by atoms with van der Waals surface area (Å²) in [5.74, 6) is 1.11. The second kappa shape index (κ2) is 4.34. The number of alkyl halides is 1. The van der Waals surface area contributed by atoms with Crippen molar-refractivity contribution in [2.24, 2.45) is 7.05 Å². The molecule has 2 rings (SSSR count). The average Bonchev–Trinajstić information content (AvgIpc) is 2.64. The molecule has 0 aromatic carbocycles. The van der Waals surface area contributed by atoms with Crippen LogP contribution in [0.5, 0.6) is 0 Å². The Bertz CT molecular complexity index is 297. The fraction of sp³-hybridized carbons (Fsp3) is 0.700. The third-order valence-electron chi connectivity index (χ3n) is 2.86. The zero-order chi connectivity index (χ0) is 9.97. The predicted octanol–water partition coefficient (Wildman–Crippen LogP) is 2.17. The van der Waals surface area contributed by atoms with Crippen molar-refractivity contribution in [2.45, 2.75) is 25.3 Å². The molecule has 1 saturated heterocycles. The maximum atomic E-state index is 4.41. The molecule has 0 N–H and O–H groups in total. The molecule has 4 heteroatoms. The zero-order valence-corrected chi connectivity index (χ0v) is 10.1. The summed E-state index contributed by atoms with van der Waals surface area (Å²) in [4.78, 5) is 6.82. The van der Waals surface area contributed by atoms with E-state index < -0.39 is 0 Å². The van der Waals surface area contributed by atoms with Gasteiger partial charge in [0.1, 0.15) is 0 Å². The van der Waals surface area contributed by atoms with Gasteiger partial charge in [-0.2, -0.15) is 0 Å². The maximum Gasteiger partial charge on any atom is 0.205 e. The van der Waals surface area contributed by atoms with Crippen molar-refractivity contribution in [3.05, 3.63) is 12.4 Å². The van der Waals surface area contributed by atoms with Crippen molar-refractivity contribution in [1.29, 1.82) is 0 Å². The lowest BCUT2D eigenvalue weighted by molar-refractivity contribution is 0.479. The van der Waals surface area contributed by atoms with Gasteiger partial charge in [0, 0.05) is 37.4 Å². The average molecular weight is 258 g/mol. The van der Waals surface area contributed by atoms with Crippen LogP contribution in [-0.4, -0.2) is 27.5 Å². The van der Waals surface area contributed by atoms with Crippen LogP contribution in [-0.2, 0) is 7.05 Å². The summed E-state index contributed by atoms with van der Waals surface area (Å²) in [5.41, 5.74) is 0. The van der Waals surface area contributed by atoms with Crippen molar-refractivity contribution in [1.82, 2.24) is 9.55 Å². The molecule has 78 valence electrons. The topological polar surface area (TPSA) is 21.1 Å². The van der Waals surface area contributed by atoms with Crippen molar-refractivity contribution >= 4 is 21.9 Å². The molecule has 1 aliphatic rings. The number of halogens is 1. The van der Waals surface area contributed by atoms with Crippen LogP contribution in [0.2, 0.25) is 0 Å². The van der Waals surface area contributed by atoms with E-state index in [2.05, 4.69) is 37.4 Å². The molecule has 0 saturated carbocycles. The molecule has 14 heavy (non-hydrogen) atoms. The summed E-state index contributed by atoms with van der Waals surface area (Å²) >= 11 is 3.58. The van der Waals surface area contributed by atoms with E-state index in [9.17, 15) is 0 Å². The van der Waals surface area contributed by atoms with Crippen LogP contribution in [0.4, 0.5) is 5.95 Å². The number of aryl methyl sites for hydroxylation is 1. The maximum absolute atomic E-state index is 4.41. The Kier molecular flexibility index (Phi) is 3.11. The first kappa shape index (κ1) is 10.0. The van der Waals surface area contributed by atoms with Crippen molar-refractivity contribution in [3.8, 4) is 0 Å². The summed E-state index contributed by atoms with van der Waals surface area (Å²) in [6.07, 6.45) is 7.79. The molecule has 0 bridgehead atoms. The number of piperidine rings is 1. The van der Waals surface area contributed by atoms with Crippen LogP contribution in [0, 0.1) is 0 Å². The summed E-state index contributed by atoms with van der Waals surface area (Å²) in [7, 11) is 2.06. The molecule has 1 unspecified atom stereocenters. The molecule has 2 heterocycles. The van der Waals surface area contributed by atoms with Gasteiger partial charge in [-0.05, 0) is 19.3 Å². The van der Waals surface area contributed by atoms with Crippen LogP contribution < -0.4 is 4.90 Å². The first-order valence-electron chi connectivity index (χ1n) is 5.13. The van der Waals surface area contributed by atoms with Crippen LogP contribution in [0.3, 0.4) is 0 Å². The van der Waals surface area contributed by atoms with E-state index in [0.29, 0.717) is 6.04 Å². The van der Waals surface area contributed by atoms with Gasteiger partial charge in [-0.15, -0.1) is 0 Å². The summed E-state index contributed by atoms with van der Waals surface area (Å²) < 4.78 is 2.10. The standard InChI is InChI=1S/C10H16BrN3/c1-13-7-5-12-10(13)14-6-3-2-4-9(14)8-11/h5,7,9H,2-4,6,8H2,1H3. The number of aromatic nitrogens is 2. The van der Waals surface area contributed by atoms with Gasteiger partial charge in [-0.3, -0.25) is 0 Å². The molecule has 0 spiro atoms. The van der Waals surface area contributed by atoms with E-state index in [-0.39, 0.29) is 0 Å². The second-order valence-corrected chi connectivity index (χ2v) is 4.48. The third kappa shape index (κ3) is 1.80. The minimum atomic E-state index is 0.616. The SMILES string of the molecule is Cn1ccnc1N1CCCCC1CBr. The Balaban J connectivity index is 2.19. The van der Waals surface area contributed by atoms with Gasteiger partial charge >= 0.3 is 0 Å². The molecule has 3 nitrogen and oxygen atoms in total. The molecule has 1 aliphatic heterocycles. The van der Waals surface area contributed by atoms with E-state index in [1.165, 1.54) is 19.3 Å². The summed E-state index contributed by atoms with van der Waals surface area (Å²) in [6, 6.07) is 0.616. The van der Waals surface area contributed by atoms with Gasteiger partial charge in [0.05, 0.1) is 0 Å². The Morgan fingerprint density at radius 2 is 2.43 bits per heavy atom. The van der Waals surface area contributed by atoms with Crippen molar-refractivity contribution < 1.29 is 0 Å². The first-order chi connectivity index (χ1) is 6.83. The molecular formula is C10H16BrN3. The fourth-order valence-electron chi connectivity index (χ4n) is 2.06. The molecule has 1 atom stereocenters. The lowest BCUT2D eigenvalue weighted by atomic mass is 10.0. The molecule has 1 fully saturated rings. The fourth-order valence-corrected chi connectivity index (χ4v) is 2.73.